The molecule has 4 aromatic rings. The Balaban J connectivity index is 1.33. The summed E-state index contributed by atoms with van der Waals surface area (Å²) < 4.78 is 7.31. The van der Waals surface area contributed by atoms with Crippen LogP contribution >= 0.6 is 0 Å². The lowest BCUT2D eigenvalue weighted by atomic mass is 10.1. The zero-order chi connectivity index (χ0) is 20.5. The highest BCUT2D eigenvalue weighted by Crippen LogP contribution is 2.26. The van der Waals surface area contributed by atoms with Gasteiger partial charge in [0.05, 0.1) is 17.8 Å². The van der Waals surface area contributed by atoms with Crippen molar-refractivity contribution in [1.29, 1.82) is 0 Å². The highest BCUT2D eigenvalue weighted by Gasteiger charge is 2.27. The minimum Gasteiger partial charge on any atom is -0.507 e. The first-order valence-corrected chi connectivity index (χ1v) is 9.54. The molecule has 0 aliphatic carbocycles. The van der Waals surface area contributed by atoms with E-state index in [0.29, 0.717) is 37.5 Å². The van der Waals surface area contributed by atoms with E-state index in [1.165, 1.54) is 17.1 Å². The molecule has 0 spiro atoms. The number of aromatic nitrogens is 5. The van der Waals surface area contributed by atoms with Crippen molar-refractivity contribution in [1.82, 2.24) is 30.1 Å². The fourth-order valence-electron chi connectivity index (χ4n) is 3.56. The van der Waals surface area contributed by atoms with Crippen LogP contribution in [-0.4, -0.2) is 47.6 Å². The van der Waals surface area contributed by atoms with Crippen molar-refractivity contribution in [3.05, 3.63) is 83.3 Å². The summed E-state index contributed by atoms with van der Waals surface area (Å²) in [5, 5.41) is 21.3. The number of nitrogens with zero attached hydrogens (tertiary/aromatic N) is 6. The van der Waals surface area contributed by atoms with E-state index in [-0.39, 0.29) is 17.2 Å². The maximum atomic E-state index is 13.0. The molecule has 0 radical (unpaired) electrons. The fourth-order valence-corrected chi connectivity index (χ4v) is 3.56. The molecule has 2 aromatic heterocycles. The van der Waals surface area contributed by atoms with Crippen LogP contribution in [0.3, 0.4) is 0 Å². The van der Waals surface area contributed by atoms with Crippen LogP contribution in [0, 0.1) is 0 Å². The van der Waals surface area contributed by atoms with E-state index in [1.807, 2.05) is 30.3 Å². The quantitative estimate of drug-likeness (QED) is 0.557. The average molecular weight is 402 g/mol. The molecule has 150 valence electrons. The number of phenols is 1. The molecule has 5 rings (SSSR count). The second kappa shape index (κ2) is 7.43. The van der Waals surface area contributed by atoms with Gasteiger partial charge < -0.3 is 14.4 Å². The lowest BCUT2D eigenvalue weighted by molar-refractivity contribution is 0.0725. The molecule has 2 aromatic carbocycles. The van der Waals surface area contributed by atoms with Crippen molar-refractivity contribution in [2.45, 2.75) is 19.4 Å². The summed E-state index contributed by atoms with van der Waals surface area (Å²) in [6.45, 7) is 0.848. The summed E-state index contributed by atoms with van der Waals surface area (Å²) in [7, 11) is 0. The van der Waals surface area contributed by atoms with Crippen molar-refractivity contribution in [3.63, 3.8) is 0 Å². The molecule has 9 nitrogen and oxygen atoms in total. The van der Waals surface area contributed by atoms with Gasteiger partial charge in [-0.15, -0.1) is 5.10 Å². The molecule has 0 unspecified atom stereocenters. The van der Waals surface area contributed by atoms with E-state index in [2.05, 4.69) is 20.5 Å². The Morgan fingerprint density at radius 2 is 2.03 bits per heavy atom. The number of fused-ring (bicyclic) bond motifs is 1. The van der Waals surface area contributed by atoms with E-state index < -0.39 is 0 Å². The van der Waals surface area contributed by atoms with Crippen LogP contribution in [0.15, 0.2) is 59.3 Å². The summed E-state index contributed by atoms with van der Waals surface area (Å²) in [6.07, 6.45) is 2.62. The normalized spacial score (nSPS) is 13.3. The second-order valence-corrected chi connectivity index (χ2v) is 7.07. The third kappa shape index (κ3) is 3.41. The molecule has 0 bridgehead atoms. The summed E-state index contributed by atoms with van der Waals surface area (Å²) in [5.74, 6) is 1.09. The second-order valence-electron chi connectivity index (χ2n) is 7.07. The van der Waals surface area contributed by atoms with Gasteiger partial charge in [-0.3, -0.25) is 4.79 Å². The molecular weight excluding hydrogens is 384 g/mol. The Morgan fingerprint density at radius 3 is 2.80 bits per heavy atom. The smallest absolute Gasteiger partial charge is 0.257 e. The van der Waals surface area contributed by atoms with Gasteiger partial charge in [0, 0.05) is 25.5 Å². The number of amides is 1. The molecule has 1 aliphatic heterocycles. The molecule has 0 saturated carbocycles. The van der Waals surface area contributed by atoms with Crippen molar-refractivity contribution >= 4 is 5.91 Å². The van der Waals surface area contributed by atoms with Crippen molar-refractivity contribution < 1.29 is 14.3 Å². The minimum absolute atomic E-state index is 0.122. The molecule has 1 N–H and O–H groups in total. The van der Waals surface area contributed by atoms with Gasteiger partial charge in [0.25, 0.3) is 5.91 Å². The predicted octanol–water partition coefficient (Wildman–Crippen LogP) is 2.15. The molecule has 30 heavy (non-hydrogen) atoms. The van der Waals surface area contributed by atoms with Gasteiger partial charge in [-0.05, 0) is 28.1 Å². The highest BCUT2D eigenvalue weighted by atomic mass is 16.4. The van der Waals surface area contributed by atoms with E-state index in [0.717, 1.165) is 17.0 Å². The standard InChI is InChI=1S/C21H18N6O3/c28-18-11-15(27-13-22-24-25-27)6-7-16(18)21(29)26-9-8-19-17(12-26)23-20(30-19)10-14-4-2-1-3-5-14/h1-7,11,13,28H,8-10,12H2. The summed E-state index contributed by atoms with van der Waals surface area (Å²) >= 11 is 0. The van der Waals surface area contributed by atoms with Gasteiger partial charge in [0.2, 0.25) is 0 Å². The Kier molecular flexibility index (Phi) is 4.47. The maximum Gasteiger partial charge on any atom is 0.257 e. The first kappa shape index (κ1) is 18.0. The summed E-state index contributed by atoms with van der Waals surface area (Å²) in [4.78, 5) is 19.3. The zero-order valence-corrected chi connectivity index (χ0v) is 16.0. The number of hydrogen-bond donors (Lipinski definition) is 1. The Hall–Kier alpha value is -4.01. The lowest BCUT2D eigenvalue weighted by Gasteiger charge is -2.25. The first-order chi connectivity index (χ1) is 14.7. The third-order valence-corrected chi connectivity index (χ3v) is 5.08. The zero-order valence-electron chi connectivity index (χ0n) is 16.0. The number of benzene rings is 2. The van der Waals surface area contributed by atoms with Crippen LogP contribution in [0.5, 0.6) is 5.75 Å². The van der Waals surface area contributed by atoms with E-state index in [4.69, 9.17) is 4.42 Å². The van der Waals surface area contributed by atoms with Crippen LogP contribution in [0.2, 0.25) is 0 Å². The minimum atomic E-state index is -0.256. The van der Waals surface area contributed by atoms with Gasteiger partial charge in [0.1, 0.15) is 23.5 Å². The number of oxazole rings is 1. The molecule has 3 heterocycles. The predicted molar refractivity (Wildman–Crippen MR) is 105 cm³/mol. The number of tetrazole rings is 1. The number of carbonyl (C=O) groups is 1. The van der Waals surface area contributed by atoms with Crippen LogP contribution in [0.1, 0.15) is 33.3 Å². The van der Waals surface area contributed by atoms with Crippen molar-refractivity contribution in [2.24, 2.45) is 0 Å². The van der Waals surface area contributed by atoms with Crippen molar-refractivity contribution in [2.75, 3.05) is 6.54 Å². The van der Waals surface area contributed by atoms with Gasteiger partial charge in [0.15, 0.2) is 5.89 Å². The first-order valence-electron chi connectivity index (χ1n) is 9.54. The summed E-state index contributed by atoms with van der Waals surface area (Å²) in [6, 6.07) is 14.7. The average Bonchev–Trinajstić information content (AvgIpc) is 3.43. The van der Waals surface area contributed by atoms with Crippen LogP contribution in [0.4, 0.5) is 0 Å². The lowest BCUT2D eigenvalue weighted by Crippen LogP contribution is -2.35. The van der Waals surface area contributed by atoms with Crippen LogP contribution in [0.25, 0.3) is 5.69 Å². The maximum absolute atomic E-state index is 13.0. The van der Waals surface area contributed by atoms with Crippen LogP contribution in [-0.2, 0) is 19.4 Å². The molecule has 0 atom stereocenters. The van der Waals surface area contributed by atoms with Gasteiger partial charge in [-0.25, -0.2) is 9.67 Å². The number of hydrogen-bond acceptors (Lipinski definition) is 7. The van der Waals surface area contributed by atoms with Gasteiger partial charge >= 0.3 is 0 Å². The van der Waals surface area contributed by atoms with Crippen LogP contribution < -0.4 is 0 Å². The third-order valence-electron chi connectivity index (χ3n) is 5.08. The molecular formula is C21H18N6O3. The number of phenolic OH excluding ortho intramolecular Hbond substituents is 1. The number of carbonyl (C=O) groups excluding carboxylic acids is 1. The van der Waals surface area contributed by atoms with Gasteiger partial charge in [-0.2, -0.15) is 0 Å². The SMILES string of the molecule is O=C(c1ccc(-n2cnnn2)cc1O)N1CCc2oc(Cc3ccccc3)nc2C1. The largest absolute Gasteiger partial charge is 0.507 e. The molecule has 1 aliphatic rings. The number of rotatable bonds is 4. The Labute approximate surface area is 171 Å². The monoisotopic (exact) mass is 402 g/mol. The molecule has 1 amide bonds. The van der Waals surface area contributed by atoms with E-state index >= 15 is 0 Å². The van der Waals surface area contributed by atoms with Gasteiger partial charge in [-0.1, -0.05) is 30.3 Å². The van der Waals surface area contributed by atoms with Crippen molar-refractivity contribution in [3.8, 4) is 11.4 Å². The Morgan fingerprint density at radius 1 is 1.17 bits per heavy atom. The molecule has 0 saturated heterocycles. The van der Waals surface area contributed by atoms with E-state index in [9.17, 15) is 9.90 Å². The highest BCUT2D eigenvalue weighted by molar-refractivity contribution is 5.97. The topological polar surface area (TPSA) is 110 Å². The molecule has 9 heteroatoms. The number of aromatic hydroxyl groups is 1. The Bertz CT molecular complexity index is 1190. The summed E-state index contributed by atoms with van der Waals surface area (Å²) in [5.41, 5.74) is 2.68. The fraction of sp³-hybridized carbons (Fsp3) is 0.190. The molecule has 0 fully saturated rings. The van der Waals surface area contributed by atoms with E-state index in [1.54, 1.807) is 17.0 Å².